The fourth-order valence-corrected chi connectivity index (χ4v) is 2.26. The maximum atomic E-state index is 6.03. The summed E-state index contributed by atoms with van der Waals surface area (Å²) in [5.74, 6) is 0. The van der Waals surface area contributed by atoms with Gasteiger partial charge in [-0.15, -0.1) is 0 Å². The normalized spacial score (nSPS) is 12.2. The molecule has 2 nitrogen and oxygen atoms in total. The van der Waals surface area contributed by atoms with Crippen LogP contribution in [0.3, 0.4) is 0 Å². The van der Waals surface area contributed by atoms with Crippen LogP contribution in [0.15, 0.2) is 42.6 Å². The molecule has 0 saturated heterocycles. The summed E-state index contributed by atoms with van der Waals surface area (Å²) >= 11 is 6.03. The molecule has 1 aromatic carbocycles. The van der Waals surface area contributed by atoms with Gasteiger partial charge in [-0.25, -0.2) is 4.98 Å². The molecule has 0 aliphatic heterocycles. The van der Waals surface area contributed by atoms with E-state index in [9.17, 15) is 0 Å². The highest BCUT2D eigenvalue weighted by molar-refractivity contribution is 6.31. The van der Waals surface area contributed by atoms with Gasteiger partial charge in [-0.05, 0) is 44.4 Å². The third-order valence-corrected chi connectivity index (χ3v) is 3.41. The molecule has 3 heteroatoms. The minimum absolute atomic E-state index is 0.363. The van der Waals surface area contributed by atoms with Gasteiger partial charge in [0.15, 0.2) is 5.15 Å². The summed E-state index contributed by atoms with van der Waals surface area (Å²) in [4.78, 5) is 4.06. The van der Waals surface area contributed by atoms with E-state index in [1.807, 2.05) is 12.1 Å². The minimum atomic E-state index is 0.363. The molecular weight excluding hydrogens is 256 g/mol. The van der Waals surface area contributed by atoms with E-state index in [1.54, 1.807) is 6.20 Å². The molecule has 1 heterocycles. The summed E-state index contributed by atoms with van der Waals surface area (Å²) in [6.45, 7) is 4.29. The Labute approximate surface area is 119 Å². The van der Waals surface area contributed by atoms with Gasteiger partial charge in [-0.1, -0.05) is 41.4 Å². The summed E-state index contributed by atoms with van der Waals surface area (Å²) in [7, 11) is 0. The number of nitrogens with one attached hydrogen (secondary N) is 1. The number of halogens is 1. The second-order valence-electron chi connectivity index (χ2n) is 4.91. The van der Waals surface area contributed by atoms with Gasteiger partial charge in [0, 0.05) is 12.2 Å². The lowest BCUT2D eigenvalue weighted by molar-refractivity contribution is 0.705. The summed E-state index contributed by atoms with van der Waals surface area (Å²) in [6, 6.07) is 12.9. The largest absolute Gasteiger partial charge is 0.380 e. The highest BCUT2D eigenvalue weighted by Gasteiger charge is 2.06. The quantitative estimate of drug-likeness (QED) is 0.814. The molecule has 0 aliphatic carbocycles. The lowest BCUT2D eigenvalue weighted by Crippen LogP contribution is -2.16. The van der Waals surface area contributed by atoms with E-state index in [0.717, 1.165) is 18.5 Å². The Kier molecular flexibility index (Phi) is 4.80. The van der Waals surface area contributed by atoms with Crippen molar-refractivity contribution >= 4 is 17.3 Å². The van der Waals surface area contributed by atoms with Crippen LogP contribution in [0, 0.1) is 6.92 Å². The molecule has 1 atom stereocenters. The predicted molar refractivity (Wildman–Crippen MR) is 81.8 cm³/mol. The van der Waals surface area contributed by atoms with Crippen molar-refractivity contribution in [2.75, 3.05) is 5.32 Å². The summed E-state index contributed by atoms with van der Waals surface area (Å²) in [5, 5.41) is 3.93. The highest BCUT2D eigenvalue weighted by Crippen LogP contribution is 2.19. The van der Waals surface area contributed by atoms with Crippen molar-refractivity contribution in [1.82, 2.24) is 4.98 Å². The van der Waals surface area contributed by atoms with E-state index in [0.29, 0.717) is 11.2 Å². The van der Waals surface area contributed by atoms with Crippen molar-refractivity contribution < 1.29 is 0 Å². The second kappa shape index (κ2) is 6.58. The van der Waals surface area contributed by atoms with Crippen molar-refractivity contribution in [3.63, 3.8) is 0 Å². The number of hydrogen-bond acceptors (Lipinski definition) is 2. The topological polar surface area (TPSA) is 24.9 Å². The molecule has 0 spiro atoms. The van der Waals surface area contributed by atoms with Crippen LogP contribution >= 0.6 is 11.6 Å². The molecule has 100 valence electrons. The average molecular weight is 275 g/mol. The van der Waals surface area contributed by atoms with Gasteiger partial charge in [0.2, 0.25) is 0 Å². The van der Waals surface area contributed by atoms with Crippen LogP contribution in [-0.4, -0.2) is 11.0 Å². The van der Waals surface area contributed by atoms with E-state index in [4.69, 9.17) is 11.6 Å². The van der Waals surface area contributed by atoms with Gasteiger partial charge in [0.25, 0.3) is 0 Å². The number of nitrogens with zero attached hydrogens (tertiary/aromatic N) is 1. The molecule has 0 fully saturated rings. The number of rotatable bonds is 5. The number of pyridine rings is 1. The van der Waals surface area contributed by atoms with Crippen LogP contribution in [0.25, 0.3) is 0 Å². The van der Waals surface area contributed by atoms with Gasteiger partial charge >= 0.3 is 0 Å². The van der Waals surface area contributed by atoms with Crippen LogP contribution in [0.1, 0.15) is 24.5 Å². The Balaban J connectivity index is 1.88. The van der Waals surface area contributed by atoms with Crippen molar-refractivity contribution in [3.05, 3.63) is 58.9 Å². The van der Waals surface area contributed by atoms with Crippen LogP contribution in [-0.2, 0) is 6.42 Å². The van der Waals surface area contributed by atoms with Crippen molar-refractivity contribution in [2.24, 2.45) is 0 Å². The van der Waals surface area contributed by atoms with E-state index in [1.165, 1.54) is 11.1 Å². The molecule has 0 amide bonds. The van der Waals surface area contributed by atoms with Gasteiger partial charge < -0.3 is 5.32 Å². The van der Waals surface area contributed by atoms with Crippen LogP contribution < -0.4 is 5.32 Å². The molecular formula is C16H19ClN2. The monoisotopic (exact) mass is 274 g/mol. The Hall–Kier alpha value is -1.54. The van der Waals surface area contributed by atoms with E-state index < -0.39 is 0 Å². The second-order valence-corrected chi connectivity index (χ2v) is 5.27. The lowest BCUT2D eigenvalue weighted by atomic mass is 10.0. The van der Waals surface area contributed by atoms with Crippen molar-refractivity contribution in [3.8, 4) is 0 Å². The smallest absolute Gasteiger partial charge is 0.152 e. The van der Waals surface area contributed by atoms with Gasteiger partial charge in [-0.3, -0.25) is 0 Å². The zero-order chi connectivity index (χ0) is 13.7. The molecule has 0 radical (unpaired) electrons. The van der Waals surface area contributed by atoms with E-state index in [2.05, 4.69) is 48.4 Å². The zero-order valence-corrected chi connectivity index (χ0v) is 12.1. The molecule has 1 aromatic heterocycles. The molecule has 2 aromatic rings. The molecule has 1 unspecified atom stereocenters. The Morgan fingerprint density at radius 2 is 2.11 bits per heavy atom. The van der Waals surface area contributed by atoms with Crippen molar-refractivity contribution in [1.29, 1.82) is 0 Å². The van der Waals surface area contributed by atoms with Crippen LogP contribution in [0.4, 0.5) is 5.69 Å². The fraction of sp³-hybridized carbons (Fsp3) is 0.312. The Bertz CT molecular complexity index is 540. The summed E-state index contributed by atoms with van der Waals surface area (Å²) in [5.41, 5.74) is 3.60. The number of aromatic nitrogens is 1. The maximum Gasteiger partial charge on any atom is 0.152 e. The SMILES string of the molecule is Cc1cccc(CCC(C)Nc2cccnc2Cl)c1. The average Bonchev–Trinajstić information content (AvgIpc) is 2.39. The maximum absolute atomic E-state index is 6.03. The standard InChI is InChI=1S/C16H19ClN2/c1-12-5-3-6-14(11-12)9-8-13(2)19-15-7-4-10-18-16(15)17/h3-7,10-11,13,19H,8-9H2,1-2H3. The minimum Gasteiger partial charge on any atom is -0.380 e. The molecule has 1 N–H and O–H groups in total. The van der Waals surface area contributed by atoms with Crippen LogP contribution in [0.2, 0.25) is 5.15 Å². The lowest BCUT2D eigenvalue weighted by Gasteiger charge is -2.15. The Morgan fingerprint density at radius 3 is 2.84 bits per heavy atom. The Morgan fingerprint density at radius 1 is 1.26 bits per heavy atom. The first-order valence-corrected chi connectivity index (χ1v) is 6.95. The summed E-state index contributed by atoms with van der Waals surface area (Å²) in [6.07, 6.45) is 3.83. The molecule has 0 saturated carbocycles. The number of anilines is 1. The van der Waals surface area contributed by atoms with Gasteiger partial charge in [0.05, 0.1) is 5.69 Å². The molecule has 2 rings (SSSR count). The first kappa shape index (κ1) is 13.9. The third kappa shape index (κ3) is 4.25. The third-order valence-electron chi connectivity index (χ3n) is 3.11. The van der Waals surface area contributed by atoms with Gasteiger partial charge in [-0.2, -0.15) is 0 Å². The van der Waals surface area contributed by atoms with E-state index in [-0.39, 0.29) is 0 Å². The number of aryl methyl sites for hydroxylation is 2. The van der Waals surface area contributed by atoms with Crippen LogP contribution in [0.5, 0.6) is 0 Å². The predicted octanol–water partition coefficient (Wildman–Crippen LogP) is 4.48. The number of hydrogen-bond donors (Lipinski definition) is 1. The molecule has 19 heavy (non-hydrogen) atoms. The first-order valence-electron chi connectivity index (χ1n) is 6.58. The van der Waals surface area contributed by atoms with E-state index >= 15 is 0 Å². The number of benzene rings is 1. The van der Waals surface area contributed by atoms with Crippen molar-refractivity contribution in [2.45, 2.75) is 32.7 Å². The summed E-state index contributed by atoms with van der Waals surface area (Å²) < 4.78 is 0. The molecule has 0 aliphatic rings. The zero-order valence-electron chi connectivity index (χ0n) is 11.4. The highest BCUT2D eigenvalue weighted by atomic mass is 35.5. The first-order chi connectivity index (χ1) is 9.15. The van der Waals surface area contributed by atoms with Gasteiger partial charge in [0.1, 0.15) is 0 Å². The fourth-order valence-electron chi connectivity index (χ4n) is 2.08. The molecule has 0 bridgehead atoms.